The predicted octanol–water partition coefficient (Wildman–Crippen LogP) is 3.71. The van der Waals surface area contributed by atoms with E-state index < -0.39 is 0 Å². The van der Waals surface area contributed by atoms with Gasteiger partial charge in [0.05, 0.1) is 0 Å². The van der Waals surface area contributed by atoms with Crippen LogP contribution in [0.1, 0.15) is 45.4 Å². The van der Waals surface area contributed by atoms with Gasteiger partial charge in [0.25, 0.3) is 0 Å². The average Bonchev–Trinajstić information content (AvgIpc) is 2.03. The zero-order chi connectivity index (χ0) is 8.36. The molecule has 0 nitrogen and oxygen atoms in total. The van der Waals surface area contributed by atoms with E-state index in [0.717, 1.165) is 0 Å². The van der Waals surface area contributed by atoms with Crippen molar-refractivity contribution in [1.82, 2.24) is 0 Å². The molecule has 0 N–H and O–H groups in total. The molecule has 0 aromatic heterocycles. The van der Waals surface area contributed by atoms with Gasteiger partial charge in [0.1, 0.15) is 0 Å². The Bertz CT molecular complexity index is 56.6. The van der Waals surface area contributed by atoms with Gasteiger partial charge >= 0.3 is 74.8 Å². The van der Waals surface area contributed by atoms with Gasteiger partial charge in [-0.25, -0.2) is 0 Å². The van der Waals surface area contributed by atoms with Crippen molar-refractivity contribution >= 4 is 16.5 Å². The number of rotatable bonds is 8. The maximum absolute atomic E-state index is 2.43. The van der Waals surface area contributed by atoms with E-state index in [1.165, 1.54) is 46.8 Å². The molecule has 70 valence electrons. The van der Waals surface area contributed by atoms with Crippen molar-refractivity contribution < 1.29 is 0 Å². The van der Waals surface area contributed by atoms with Crippen LogP contribution < -0.4 is 0 Å². The fraction of sp³-hybridized carbons (Fsp3) is 1.00. The Kier molecular flexibility index (Phi) is 11.7. The monoisotopic (exact) mass is 194 g/mol. The minimum absolute atomic E-state index is 0.398. The molecule has 0 fully saturated rings. The fourth-order valence-corrected chi connectivity index (χ4v) is 3.87. The van der Waals surface area contributed by atoms with Crippen molar-refractivity contribution in [2.75, 3.05) is 12.8 Å². The molecule has 0 spiro atoms. The van der Waals surface area contributed by atoms with E-state index in [-0.39, 0.29) is 0 Å². The Balaban J connectivity index is 2.69. The third-order valence-corrected chi connectivity index (χ3v) is 5.72. The second kappa shape index (κ2) is 10.9. The van der Waals surface area contributed by atoms with Gasteiger partial charge in [-0.05, 0) is 0 Å². The van der Waals surface area contributed by atoms with Gasteiger partial charge in [-0.1, -0.05) is 0 Å². The number of unbranched alkanes of at least 4 members (excludes halogenated alkanes) is 5. The topological polar surface area (TPSA) is 0 Å². The summed E-state index contributed by atoms with van der Waals surface area (Å²) in [5, 5.41) is 0. The second-order valence-corrected chi connectivity index (χ2v) is 8.45. The molecule has 0 saturated carbocycles. The summed E-state index contributed by atoms with van der Waals surface area (Å²) in [6.45, 7) is 4.71. The van der Waals surface area contributed by atoms with Gasteiger partial charge in [-0.2, -0.15) is 0 Å². The third-order valence-electron chi connectivity index (χ3n) is 1.96. The van der Waals surface area contributed by atoms with Crippen molar-refractivity contribution in [3.05, 3.63) is 0 Å². The van der Waals surface area contributed by atoms with Gasteiger partial charge in [-0.15, -0.1) is 0 Å². The van der Waals surface area contributed by atoms with Crippen LogP contribution in [-0.4, -0.2) is 12.8 Å². The van der Waals surface area contributed by atoms with E-state index in [1.54, 1.807) is 6.16 Å². The van der Waals surface area contributed by atoms with Crippen LogP contribution in [0.4, 0.5) is 0 Å². The van der Waals surface area contributed by atoms with Crippen molar-refractivity contribution in [2.24, 2.45) is 0 Å². The normalized spacial score (nSPS) is 11.8. The molecule has 11 heavy (non-hydrogen) atoms. The first-order valence-electron chi connectivity index (χ1n) is 5.12. The number of hydrogen-bond donors (Lipinski definition) is 0. The summed E-state index contributed by atoms with van der Waals surface area (Å²) in [5.41, 5.74) is 0. The molecule has 0 aliphatic rings. The van der Waals surface area contributed by atoms with E-state index in [2.05, 4.69) is 13.6 Å². The van der Waals surface area contributed by atoms with Crippen LogP contribution in [0.25, 0.3) is 0 Å². The van der Waals surface area contributed by atoms with Crippen LogP contribution in [0.2, 0.25) is 0 Å². The molecule has 0 aliphatic carbocycles. The average molecular weight is 194 g/mol. The van der Waals surface area contributed by atoms with Gasteiger partial charge in [0.15, 0.2) is 0 Å². The first-order valence-corrected chi connectivity index (χ1v) is 10.1. The Morgan fingerprint density at radius 2 is 1.64 bits per heavy atom. The van der Waals surface area contributed by atoms with E-state index in [4.69, 9.17) is 0 Å². The molecular formula is C9H24P2. The standard InChI is InChI=1S/C9H24P2/c1-3-4-5-6-7-8-9-11-10-2/h11H,3-9H2,1-2,10H3. The summed E-state index contributed by atoms with van der Waals surface area (Å²) in [6, 6.07) is 0. The molecule has 1 unspecified atom stereocenters. The van der Waals surface area contributed by atoms with Crippen LogP contribution in [0.5, 0.6) is 0 Å². The summed E-state index contributed by atoms with van der Waals surface area (Å²) < 4.78 is 0. The first kappa shape index (κ1) is 11.9. The van der Waals surface area contributed by atoms with Crippen LogP contribution in [0.15, 0.2) is 0 Å². The number of hydrogen-bond acceptors (Lipinski definition) is 0. The molecule has 0 aromatic rings. The molecule has 0 heterocycles. The van der Waals surface area contributed by atoms with Crippen molar-refractivity contribution in [3.63, 3.8) is 0 Å². The molecule has 0 saturated heterocycles. The summed E-state index contributed by atoms with van der Waals surface area (Å²) in [5.74, 6) is 0. The molecule has 2 heteroatoms. The van der Waals surface area contributed by atoms with Crippen molar-refractivity contribution in [3.8, 4) is 0 Å². The SMILES string of the molecule is CCCCCCCCP[PH3]C. The van der Waals surface area contributed by atoms with Crippen LogP contribution in [0, 0.1) is 0 Å². The summed E-state index contributed by atoms with van der Waals surface area (Å²) in [7, 11) is 1.76. The van der Waals surface area contributed by atoms with E-state index in [0.29, 0.717) is 8.27 Å². The molecule has 0 bridgehead atoms. The first-order chi connectivity index (χ1) is 5.41. The summed E-state index contributed by atoms with van der Waals surface area (Å²) in [4.78, 5) is 0. The van der Waals surface area contributed by atoms with E-state index >= 15 is 0 Å². The van der Waals surface area contributed by atoms with Crippen molar-refractivity contribution in [2.45, 2.75) is 45.4 Å². The maximum atomic E-state index is 2.43. The fourth-order valence-electron chi connectivity index (χ4n) is 1.21. The molecule has 0 amide bonds. The van der Waals surface area contributed by atoms with E-state index in [9.17, 15) is 0 Å². The zero-order valence-electron chi connectivity index (χ0n) is 8.16. The quantitative estimate of drug-likeness (QED) is 0.408. The minimum atomic E-state index is 0.398. The van der Waals surface area contributed by atoms with Crippen molar-refractivity contribution in [1.29, 1.82) is 0 Å². The van der Waals surface area contributed by atoms with Crippen LogP contribution in [0.3, 0.4) is 0 Å². The Hall–Kier alpha value is 0.860. The molecular weight excluding hydrogens is 170 g/mol. The summed E-state index contributed by atoms with van der Waals surface area (Å²) in [6.07, 6.45) is 10.4. The molecule has 0 rings (SSSR count). The molecule has 0 aliphatic heterocycles. The predicted molar refractivity (Wildman–Crippen MR) is 63.6 cm³/mol. The Labute approximate surface area is 75.4 Å². The molecule has 0 aromatic carbocycles. The van der Waals surface area contributed by atoms with Gasteiger partial charge in [-0.3, -0.25) is 0 Å². The molecule has 1 atom stereocenters. The van der Waals surface area contributed by atoms with Crippen LogP contribution >= 0.6 is 16.5 Å². The molecule has 0 radical (unpaired) electrons. The zero-order valence-corrected chi connectivity index (χ0v) is 10.6. The van der Waals surface area contributed by atoms with E-state index in [1.807, 2.05) is 0 Å². The summed E-state index contributed by atoms with van der Waals surface area (Å²) >= 11 is 0. The third kappa shape index (κ3) is 10.9. The van der Waals surface area contributed by atoms with Gasteiger partial charge in [0, 0.05) is 0 Å². The second-order valence-electron chi connectivity index (χ2n) is 3.12. The van der Waals surface area contributed by atoms with Gasteiger partial charge in [0.2, 0.25) is 0 Å². The van der Waals surface area contributed by atoms with Gasteiger partial charge < -0.3 is 0 Å². The Morgan fingerprint density at radius 3 is 2.27 bits per heavy atom. The van der Waals surface area contributed by atoms with Crippen LogP contribution in [-0.2, 0) is 0 Å². The Morgan fingerprint density at radius 1 is 1.00 bits per heavy atom.